The van der Waals surface area contributed by atoms with Gasteiger partial charge in [-0.05, 0) is 18.6 Å². The van der Waals surface area contributed by atoms with Crippen LogP contribution in [0.25, 0.3) is 0 Å². The van der Waals surface area contributed by atoms with Crippen molar-refractivity contribution in [3.05, 3.63) is 41.7 Å². The molecule has 0 spiro atoms. The number of hydrogen-bond donors (Lipinski definition) is 2. The molecule has 0 bridgehead atoms. The first-order chi connectivity index (χ1) is 13.6. The molecular formula is C19H27F3IN5O2. The van der Waals surface area contributed by atoms with E-state index in [1.807, 2.05) is 27.7 Å². The van der Waals surface area contributed by atoms with Gasteiger partial charge in [-0.2, -0.15) is 13.2 Å². The topological polar surface area (TPSA) is 84.6 Å². The zero-order valence-corrected chi connectivity index (χ0v) is 19.7. The molecule has 0 saturated heterocycles. The number of rotatable bonds is 7. The van der Waals surface area contributed by atoms with E-state index < -0.39 is 12.8 Å². The lowest BCUT2D eigenvalue weighted by molar-refractivity contribution is -0.154. The Hall–Kier alpha value is -2.05. The first-order valence-corrected chi connectivity index (χ1v) is 9.18. The van der Waals surface area contributed by atoms with E-state index in [0.29, 0.717) is 30.5 Å². The number of alkyl halides is 3. The van der Waals surface area contributed by atoms with E-state index in [-0.39, 0.29) is 41.8 Å². The molecule has 2 heterocycles. The number of nitrogens with one attached hydrogen (secondary N) is 2. The third kappa shape index (κ3) is 9.18. The Kier molecular flexibility index (Phi) is 9.85. The number of oxazole rings is 1. The number of aromatic nitrogens is 2. The first-order valence-electron chi connectivity index (χ1n) is 9.18. The molecular weight excluding hydrogens is 514 g/mol. The summed E-state index contributed by atoms with van der Waals surface area (Å²) in [5.74, 6) is 1.76. The molecule has 168 valence electrons. The average molecular weight is 541 g/mol. The maximum atomic E-state index is 12.3. The van der Waals surface area contributed by atoms with Crippen LogP contribution in [0.5, 0.6) is 5.88 Å². The highest BCUT2D eigenvalue weighted by atomic mass is 127. The number of guanidine groups is 1. The largest absolute Gasteiger partial charge is 0.468 e. The predicted octanol–water partition coefficient (Wildman–Crippen LogP) is 4.18. The Morgan fingerprint density at radius 3 is 2.53 bits per heavy atom. The summed E-state index contributed by atoms with van der Waals surface area (Å²) in [7, 11) is 0. The van der Waals surface area contributed by atoms with Gasteiger partial charge in [-0.15, -0.1) is 24.0 Å². The number of hydrogen-bond acceptors (Lipinski definition) is 5. The van der Waals surface area contributed by atoms with Crippen LogP contribution in [0.15, 0.2) is 33.9 Å². The fraction of sp³-hybridized carbons (Fsp3) is 0.526. The molecule has 30 heavy (non-hydrogen) atoms. The van der Waals surface area contributed by atoms with Gasteiger partial charge in [0.25, 0.3) is 0 Å². The summed E-state index contributed by atoms with van der Waals surface area (Å²) < 4.78 is 47.2. The van der Waals surface area contributed by atoms with E-state index in [0.717, 1.165) is 5.76 Å². The molecule has 0 saturated carbocycles. The van der Waals surface area contributed by atoms with Crippen LogP contribution in [0, 0.1) is 0 Å². The van der Waals surface area contributed by atoms with Gasteiger partial charge in [0.2, 0.25) is 11.8 Å². The van der Waals surface area contributed by atoms with Gasteiger partial charge in [0.1, 0.15) is 5.76 Å². The van der Waals surface area contributed by atoms with Crippen LogP contribution in [-0.4, -0.2) is 35.3 Å². The number of pyridine rings is 1. The Bertz CT molecular complexity index is 819. The highest BCUT2D eigenvalue weighted by Crippen LogP contribution is 2.22. The Balaban J connectivity index is 0.00000450. The van der Waals surface area contributed by atoms with Crippen LogP contribution in [0.2, 0.25) is 0 Å². The van der Waals surface area contributed by atoms with Crippen LogP contribution >= 0.6 is 24.0 Å². The van der Waals surface area contributed by atoms with Crippen molar-refractivity contribution in [3.8, 4) is 5.88 Å². The normalized spacial score (nSPS) is 12.3. The summed E-state index contributed by atoms with van der Waals surface area (Å²) in [6, 6.07) is 3.10. The highest BCUT2D eigenvalue weighted by molar-refractivity contribution is 14.0. The minimum Gasteiger partial charge on any atom is -0.468 e. The van der Waals surface area contributed by atoms with E-state index in [2.05, 4.69) is 30.3 Å². The van der Waals surface area contributed by atoms with Crippen molar-refractivity contribution in [2.45, 2.75) is 52.4 Å². The smallest absolute Gasteiger partial charge is 0.422 e. The van der Waals surface area contributed by atoms with Crippen molar-refractivity contribution in [3.63, 3.8) is 0 Å². The summed E-state index contributed by atoms with van der Waals surface area (Å²) in [6.45, 7) is 7.88. The molecule has 0 aliphatic rings. The van der Waals surface area contributed by atoms with Gasteiger partial charge in [-0.3, -0.25) is 0 Å². The minimum atomic E-state index is -4.41. The maximum absolute atomic E-state index is 12.3. The van der Waals surface area contributed by atoms with Crippen molar-refractivity contribution in [1.82, 2.24) is 20.6 Å². The fourth-order valence-corrected chi connectivity index (χ4v) is 2.19. The van der Waals surface area contributed by atoms with Gasteiger partial charge in [0.05, 0.1) is 19.3 Å². The molecule has 0 radical (unpaired) electrons. The van der Waals surface area contributed by atoms with Gasteiger partial charge in [-0.25, -0.2) is 15.0 Å². The van der Waals surface area contributed by atoms with E-state index in [1.54, 1.807) is 12.3 Å². The highest BCUT2D eigenvalue weighted by Gasteiger charge is 2.28. The molecule has 0 aliphatic heterocycles. The summed E-state index contributed by atoms with van der Waals surface area (Å²) >= 11 is 0. The second-order valence-corrected chi connectivity index (χ2v) is 7.32. The summed E-state index contributed by atoms with van der Waals surface area (Å²) in [4.78, 5) is 12.5. The summed E-state index contributed by atoms with van der Waals surface area (Å²) in [6.07, 6.45) is -1.32. The molecule has 0 aliphatic carbocycles. The van der Waals surface area contributed by atoms with Gasteiger partial charge < -0.3 is 19.8 Å². The van der Waals surface area contributed by atoms with Crippen LogP contribution in [0.4, 0.5) is 13.2 Å². The van der Waals surface area contributed by atoms with Crippen LogP contribution < -0.4 is 15.4 Å². The van der Waals surface area contributed by atoms with Crippen molar-refractivity contribution in [2.24, 2.45) is 4.99 Å². The molecule has 2 aromatic rings. The lowest BCUT2D eigenvalue weighted by atomic mass is 9.94. The third-order valence-corrected chi connectivity index (χ3v) is 3.65. The number of halogens is 4. The Morgan fingerprint density at radius 1 is 1.20 bits per heavy atom. The van der Waals surface area contributed by atoms with E-state index >= 15 is 0 Å². The SMILES string of the molecule is CCNC(=NCc1ccnc(OCC(F)(F)F)c1)NCc1ncc(C(C)(C)C)o1.I. The lowest BCUT2D eigenvalue weighted by Gasteiger charge is -2.13. The van der Waals surface area contributed by atoms with E-state index in [1.165, 1.54) is 12.3 Å². The molecule has 2 N–H and O–H groups in total. The zero-order valence-electron chi connectivity index (χ0n) is 17.3. The molecule has 0 aromatic carbocycles. The third-order valence-electron chi connectivity index (χ3n) is 3.65. The van der Waals surface area contributed by atoms with Crippen LogP contribution in [-0.2, 0) is 18.5 Å². The van der Waals surface area contributed by atoms with Gasteiger partial charge in [0, 0.05) is 24.2 Å². The maximum Gasteiger partial charge on any atom is 0.422 e. The Morgan fingerprint density at radius 2 is 1.93 bits per heavy atom. The zero-order chi connectivity index (χ0) is 21.5. The van der Waals surface area contributed by atoms with Gasteiger partial charge >= 0.3 is 6.18 Å². The average Bonchev–Trinajstić information content (AvgIpc) is 3.12. The second kappa shape index (κ2) is 11.4. The molecule has 7 nitrogen and oxygen atoms in total. The molecule has 2 rings (SSSR count). The van der Waals surface area contributed by atoms with Gasteiger partial charge in [-0.1, -0.05) is 20.8 Å². The standard InChI is InChI=1S/C19H26F3N5O2.HI/c1-5-23-17(27-11-16-25-10-14(29-16)18(2,3)4)26-9-13-6-7-24-15(8-13)28-12-19(20,21)22;/h6-8,10H,5,9,11-12H2,1-4H3,(H2,23,26,27);1H. The van der Waals surface area contributed by atoms with Crippen molar-refractivity contribution in [1.29, 1.82) is 0 Å². The molecule has 11 heteroatoms. The van der Waals surface area contributed by atoms with Crippen molar-refractivity contribution < 1.29 is 22.3 Å². The molecule has 0 atom stereocenters. The Labute approximate surface area is 190 Å². The van der Waals surface area contributed by atoms with Crippen LogP contribution in [0.1, 0.15) is 44.9 Å². The number of nitrogens with zero attached hydrogens (tertiary/aromatic N) is 3. The number of aliphatic imine (C=N–C) groups is 1. The summed E-state index contributed by atoms with van der Waals surface area (Å²) in [5.41, 5.74) is 0.539. The van der Waals surface area contributed by atoms with Gasteiger partial charge in [0.15, 0.2) is 12.6 Å². The molecule has 0 fully saturated rings. The molecule has 0 unspecified atom stereocenters. The van der Waals surface area contributed by atoms with Crippen molar-refractivity contribution >= 4 is 29.9 Å². The van der Waals surface area contributed by atoms with Crippen molar-refractivity contribution in [2.75, 3.05) is 13.2 Å². The van der Waals surface area contributed by atoms with Crippen LogP contribution in [0.3, 0.4) is 0 Å². The summed E-state index contributed by atoms with van der Waals surface area (Å²) in [5, 5.41) is 6.21. The second-order valence-electron chi connectivity index (χ2n) is 7.32. The quantitative estimate of drug-likeness (QED) is 0.311. The minimum absolute atomic E-state index is 0. The fourth-order valence-electron chi connectivity index (χ4n) is 2.19. The predicted molar refractivity (Wildman–Crippen MR) is 118 cm³/mol. The van der Waals surface area contributed by atoms with E-state index in [9.17, 15) is 13.2 Å². The monoisotopic (exact) mass is 541 g/mol. The number of ether oxygens (including phenoxy) is 1. The lowest BCUT2D eigenvalue weighted by Crippen LogP contribution is -2.36. The van der Waals surface area contributed by atoms with E-state index in [4.69, 9.17) is 4.42 Å². The molecule has 2 aromatic heterocycles. The molecule has 0 amide bonds. The first kappa shape index (κ1) is 26.0.